The van der Waals surface area contributed by atoms with Crippen molar-refractivity contribution in [2.75, 3.05) is 7.11 Å². The maximum Gasteiger partial charge on any atom is 0.263 e. The molecule has 0 N–H and O–H groups in total. The van der Waals surface area contributed by atoms with Gasteiger partial charge in [-0.1, -0.05) is 29.8 Å². The van der Waals surface area contributed by atoms with Crippen molar-refractivity contribution in [3.63, 3.8) is 0 Å². The molecule has 0 atom stereocenters. The van der Waals surface area contributed by atoms with Gasteiger partial charge in [0, 0.05) is 5.56 Å². The fourth-order valence-corrected chi connectivity index (χ4v) is 1.91. The Balaban J connectivity index is 2.36. The van der Waals surface area contributed by atoms with Crippen molar-refractivity contribution in [1.29, 1.82) is 0 Å². The molecule has 0 radical (unpaired) electrons. The van der Waals surface area contributed by atoms with Crippen LogP contribution < -0.4 is 4.74 Å². The van der Waals surface area contributed by atoms with E-state index in [1.54, 1.807) is 0 Å². The third-order valence-electron chi connectivity index (χ3n) is 2.99. The van der Waals surface area contributed by atoms with Gasteiger partial charge in [0.15, 0.2) is 0 Å². The summed E-state index contributed by atoms with van der Waals surface area (Å²) in [5.74, 6) is 1.26. The average Bonchev–Trinajstić information content (AvgIpc) is 2.42. The van der Waals surface area contributed by atoms with Gasteiger partial charge in [-0.15, -0.1) is 0 Å². The van der Waals surface area contributed by atoms with Crippen molar-refractivity contribution in [3.05, 3.63) is 64.7 Å². The van der Waals surface area contributed by atoms with Gasteiger partial charge in [-0.05, 0) is 55.3 Å². The predicted octanol–water partition coefficient (Wildman–Crippen LogP) is 4.00. The van der Waals surface area contributed by atoms with Crippen LogP contribution in [0.4, 0.5) is 0 Å². The van der Waals surface area contributed by atoms with Gasteiger partial charge in [0.05, 0.1) is 0 Å². The summed E-state index contributed by atoms with van der Waals surface area (Å²) in [6, 6.07) is 14.1. The lowest BCUT2D eigenvalue weighted by molar-refractivity contribution is 0.206. The van der Waals surface area contributed by atoms with Crippen LogP contribution in [-0.4, -0.2) is 13.0 Å². The number of hydrogen-bond acceptors (Lipinski definition) is 3. The molecule has 0 spiro atoms. The van der Waals surface area contributed by atoms with Gasteiger partial charge in [-0.2, -0.15) is 0 Å². The molecular weight excluding hydrogens is 250 g/mol. The summed E-state index contributed by atoms with van der Waals surface area (Å²) in [4.78, 5) is 4.90. The van der Waals surface area contributed by atoms with Crippen LogP contribution in [0.1, 0.15) is 22.3 Å². The van der Waals surface area contributed by atoms with E-state index < -0.39 is 0 Å². The van der Waals surface area contributed by atoms with Crippen LogP contribution in [-0.2, 0) is 4.84 Å². The molecule has 2 rings (SSSR count). The van der Waals surface area contributed by atoms with E-state index in [4.69, 9.17) is 9.57 Å². The van der Waals surface area contributed by atoms with Crippen LogP contribution in [0.2, 0.25) is 0 Å². The zero-order valence-corrected chi connectivity index (χ0v) is 12.3. The van der Waals surface area contributed by atoms with Gasteiger partial charge in [-0.25, -0.2) is 0 Å². The second kappa shape index (κ2) is 6.24. The van der Waals surface area contributed by atoms with Gasteiger partial charge in [0.2, 0.25) is 0 Å². The van der Waals surface area contributed by atoms with Crippen molar-refractivity contribution in [2.24, 2.45) is 5.16 Å². The Labute approximate surface area is 119 Å². The first-order valence-corrected chi connectivity index (χ1v) is 6.53. The number of ether oxygens (including phenoxy) is 1. The summed E-state index contributed by atoms with van der Waals surface area (Å²) >= 11 is 0. The first-order valence-electron chi connectivity index (χ1n) is 6.53. The minimum absolute atomic E-state index is 0.463. The number of rotatable bonds is 3. The van der Waals surface area contributed by atoms with Gasteiger partial charge in [-0.3, -0.25) is 0 Å². The molecule has 0 aliphatic heterocycles. The fourth-order valence-electron chi connectivity index (χ4n) is 1.91. The number of aryl methyl sites for hydroxylation is 3. The molecule has 0 aromatic heterocycles. The molecule has 0 aliphatic carbocycles. The van der Waals surface area contributed by atoms with Crippen molar-refractivity contribution in [3.8, 4) is 5.75 Å². The van der Waals surface area contributed by atoms with Crippen LogP contribution in [0, 0.1) is 20.8 Å². The normalized spacial score (nSPS) is 11.3. The Morgan fingerprint density at radius 1 is 0.950 bits per heavy atom. The summed E-state index contributed by atoms with van der Waals surface area (Å²) in [5, 5.41) is 4.00. The van der Waals surface area contributed by atoms with E-state index in [9.17, 15) is 0 Å². The molecular formula is C17H19NO2. The zero-order chi connectivity index (χ0) is 14.5. The molecule has 0 heterocycles. The van der Waals surface area contributed by atoms with Crippen LogP contribution in [0.15, 0.2) is 47.6 Å². The van der Waals surface area contributed by atoms with Crippen LogP contribution in [0.3, 0.4) is 0 Å². The fraction of sp³-hybridized carbons (Fsp3) is 0.235. The maximum atomic E-state index is 5.93. The highest BCUT2D eigenvalue weighted by Gasteiger charge is 2.10. The van der Waals surface area contributed by atoms with Crippen molar-refractivity contribution < 1.29 is 9.57 Å². The Bertz CT molecular complexity index is 633. The minimum Gasteiger partial charge on any atom is -0.436 e. The quantitative estimate of drug-likeness (QED) is 0.479. The van der Waals surface area contributed by atoms with E-state index in [1.807, 2.05) is 57.2 Å². The predicted molar refractivity (Wildman–Crippen MR) is 81.3 cm³/mol. The van der Waals surface area contributed by atoms with E-state index in [1.165, 1.54) is 7.11 Å². The summed E-state index contributed by atoms with van der Waals surface area (Å²) in [7, 11) is 1.52. The molecule has 0 fully saturated rings. The van der Waals surface area contributed by atoms with Crippen LogP contribution in [0.25, 0.3) is 0 Å². The molecule has 0 unspecified atom stereocenters. The van der Waals surface area contributed by atoms with E-state index in [-0.39, 0.29) is 0 Å². The Morgan fingerprint density at radius 3 is 2.40 bits per heavy atom. The molecule has 20 heavy (non-hydrogen) atoms. The molecule has 0 amide bonds. The third kappa shape index (κ3) is 3.38. The van der Waals surface area contributed by atoms with Crippen molar-refractivity contribution in [2.45, 2.75) is 20.8 Å². The lowest BCUT2D eigenvalue weighted by Gasteiger charge is -2.11. The molecule has 0 saturated heterocycles. The third-order valence-corrected chi connectivity index (χ3v) is 2.99. The summed E-state index contributed by atoms with van der Waals surface area (Å²) < 4.78 is 5.93. The summed E-state index contributed by atoms with van der Waals surface area (Å²) in [6.45, 7) is 6.08. The Kier molecular flexibility index (Phi) is 4.41. The highest BCUT2D eigenvalue weighted by molar-refractivity contribution is 5.95. The molecule has 2 aromatic carbocycles. The number of hydrogen-bond donors (Lipinski definition) is 0. The van der Waals surface area contributed by atoms with Gasteiger partial charge >= 0.3 is 0 Å². The summed E-state index contributed by atoms with van der Waals surface area (Å²) in [6.07, 6.45) is 0. The monoisotopic (exact) mass is 269 g/mol. The van der Waals surface area contributed by atoms with Crippen molar-refractivity contribution in [1.82, 2.24) is 0 Å². The van der Waals surface area contributed by atoms with Crippen LogP contribution >= 0.6 is 0 Å². The van der Waals surface area contributed by atoms with Crippen molar-refractivity contribution >= 4 is 5.90 Å². The number of nitrogens with zero attached hydrogens (tertiary/aromatic N) is 1. The second-order valence-electron chi connectivity index (χ2n) is 4.82. The first-order chi connectivity index (χ1) is 9.60. The highest BCUT2D eigenvalue weighted by atomic mass is 16.6. The van der Waals surface area contributed by atoms with Gasteiger partial charge < -0.3 is 9.57 Å². The highest BCUT2D eigenvalue weighted by Crippen LogP contribution is 2.21. The molecule has 104 valence electrons. The lowest BCUT2D eigenvalue weighted by Crippen LogP contribution is -2.12. The molecule has 0 saturated carbocycles. The zero-order valence-electron chi connectivity index (χ0n) is 12.3. The summed E-state index contributed by atoms with van der Waals surface area (Å²) in [5.41, 5.74) is 4.25. The average molecular weight is 269 g/mol. The number of oxime groups is 1. The largest absolute Gasteiger partial charge is 0.436 e. The molecule has 0 bridgehead atoms. The van der Waals surface area contributed by atoms with E-state index in [0.29, 0.717) is 5.90 Å². The van der Waals surface area contributed by atoms with Gasteiger partial charge in [0.25, 0.3) is 5.90 Å². The SMILES string of the molecule is CON=C(Oc1cc(C)ccc1C)c1cccc(C)c1. The second-order valence-corrected chi connectivity index (χ2v) is 4.82. The maximum absolute atomic E-state index is 5.93. The first kappa shape index (κ1) is 14.1. The Hall–Kier alpha value is -2.29. The minimum atomic E-state index is 0.463. The molecule has 3 heteroatoms. The van der Waals surface area contributed by atoms with Gasteiger partial charge in [0.1, 0.15) is 12.9 Å². The topological polar surface area (TPSA) is 30.8 Å². The standard InChI is InChI=1S/C17H19NO2/c1-12-6-5-7-15(10-12)17(18-19-4)20-16-11-13(2)8-9-14(16)3/h5-11H,1-4H3. The molecule has 2 aromatic rings. The smallest absolute Gasteiger partial charge is 0.263 e. The number of benzene rings is 2. The van der Waals surface area contributed by atoms with E-state index >= 15 is 0 Å². The Morgan fingerprint density at radius 2 is 1.70 bits per heavy atom. The van der Waals surface area contributed by atoms with Crippen LogP contribution in [0.5, 0.6) is 5.75 Å². The molecule has 3 nitrogen and oxygen atoms in total. The lowest BCUT2D eigenvalue weighted by atomic mass is 10.1. The molecule has 0 aliphatic rings. The van der Waals surface area contributed by atoms with E-state index in [2.05, 4.69) is 11.2 Å². The van der Waals surface area contributed by atoms with E-state index in [0.717, 1.165) is 28.0 Å².